The van der Waals surface area contributed by atoms with Gasteiger partial charge in [0.05, 0.1) is 11.8 Å². The number of halogens is 1. The number of benzene rings is 1. The van der Waals surface area contributed by atoms with Crippen LogP contribution >= 0.6 is 0 Å². The maximum absolute atomic E-state index is 13.3. The second kappa shape index (κ2) is 5.31. The lowest BCUT2D eigenvalue weighted by atomic mass is 10.1. The quantitative estimate of drug-likeness (QED) is 0.903. The van der Waals surface area contributed by atoms with Crippen molar-refractivity contribution in [1.29, 1.82) is 0 Å². The van der Waals surface area contributed by atoms with Gasteiger partial charge in [-0.2, -0.15) is 0 Å². The van der Waals surface area contributed by atoms with Gasteiger partial charge in [0.2, 0.25) is 0 Å². The molecule has 18 heavy (non-hydrogen) atoms. The minimum atomic E-state index is -0.715. The Bertz CT molecular complexity index is 534. The molecule has 0 saturated carbocycles. The first-order valence-electron chi connectivity index (χ1n) is 6.13. The molecule has 0 aliphatic rings. The number of aryl methyl sites for hydroxylation is 1. The Kier molecular flexibility index (Phi) is 3.77. The zero-order chi connectivity index (χ0) is 13.1. The molecule has 0 aliphatic heterocycles. The Hall–Kier alpha value is -1.68. The molecule has 0 aliphatic carbocycles. The molecular weight excluding hydrogens is 231 g/mol. The van der Waals surface area contributed by atoms with Gasteiger partial charge in [-0.15, -0.1) is 0 Å². The molecule has 3 nitrogen and oxygen atoms in total. The van der Waals surface area contributed by atoms with Gasteiger partial charge in [-0.25, -0.2) is 9.37 Å². The van der Waals surface area contributed by atoms with E-state index < -0.39 is 6.10 Å². The van der Waals surface area contributed by atoms with E-state index in [4.69, 9.17) is 0 Å². The fourth-order valence-electron chi connectivity index (χ4n) is 2.04. The molecule has 0 amide bonds. The van der Waals surface area contributed by atoms with Gasteiger partial charge in [-0.3, -0.25) is 0 Å². The topological polar surface area (TPSA) is 38.0 Å². The van der Waals surface area contributed by atoms with Crippen molar-refractivity contribution >= 4 is 0 Å². The van der Waals surface area contributed by atoms with Crippen LogP contribution in [0.2, 0.25) is 0 Å². The molecule has 1 aromatic heterocycles. The number of aliphatic hydroxyl groups excluding tert-OH is 1. The number of imidazole rings is 1. The minimum absolute atomic E-state index is 0.341. The van der Waals surface area contributed by atoms with Crippen molar-refractivity contribution in [1.82, 2.24) is 9.55 Å². The first kappa shape index (κ1) is 12.8. The fourth-order valence-corrected chi connectivity index (χ4v) is 2.04. The summed E-state index contributed by atoms with van der Waals surface area (Å²) in [5.41, 5.74) is 1.36. The highest BCUT2D eigenvalue weighted by molar-refractivity contribution is 5.43. The van der Waals surface area contributed by atoms with E-state index in [0.29, 0.717) is 5.56 Å². The van der Waals surface area contributed by atoms with Crippen LogP contribution in [0.4, 0.5) is 4.39 Å². The summed E-state index contributed by atoms with van der Waals surface area (Å²) in [7, 11) is 0. The Morgan fingerprint density at radius 2 is 2.22 bits per heavy atom. The molecule has 0 fully saturated rings. The van der Waals surface area contributed by atoms with Crippen molar-refractivity contribution in [2.75, 3.05) is 0 Å². The van der Waals surface area contributed by atoms with Crippen LogP contribution in [0.15, 0.2) is 30.6 Å². The largest absolute Gasteiger partial charge is 0.389 e. The van der Waals surface area contributed by atoms with Crippen LogP contribution in [0.25, 0.3) is 5.69 Å². The van der Waals surface area contributed by atoms with Crippen LogP contribution in [-0.4, -0.2) is 14.7 Å². The normalized spacial score (nSPS) is 12.7. The van der Waals surface area contributed by atoms with Crippen LogP contribution in [0.3, 0.4) is 0 Å². The molecule has 1 N–H and O–H groups in total. The van der Waals surface area contributed by atoms with Crippen LogP contribution in [0.1, 0.15) is 37.8 Å². The van der Waals surface area contributed by atoms with E-state index in [9.17, 15) is 9.50 Å². The van der Waals surface area contributed by atoms with Gasteiger partial charge < -0.3 is 9.67 Å². The number of hydrogen-bond acceptors (Lipinski definition) is 2. The third-order valence-electron chi connectivity index (χ3n) is 2.89. The van der Waals surface area contributed by atoms with Crippen LogP contribution in [0.5, 0.6) is 0 Å². The molecule has 1 atom stereocenters. The molecule has 1 heterocycles. The summed E-state index contributed by atoms with van der Waals surface area (Å²) >= 11 is 0. The number of nitrogens with zero attached hydrogens (tertiary/aromatic N) is 2. The van der Waals surface area contributed by atoms with E-state index in [2.05, 4.69) is 11.9 Å². The Morgan fingerprint density at radius 1 is 1.44 bits per heavy atom. The van der Waals surface area contributed by atoms with Crippen molar-refractivity contribution in [2.24, 2.45) is 0 Å². The lowest BCUT2D eigenvalue weighted by Crippen LogP contribution is -2.06. The summed E-state index contributed by atoms with van der Waals surface area (Å²) in [6.07, 6.45) is 4.68. The fraction of sp³-hybridized carbons (Fsp3) is 0.357. The molecule has 0 radical (unpaired) electrons. The zero-order valence-corrected chi connectivity index (χ0v) is 10.6. The number of aliphatic hydroxyl groups is 1. The van der Waals surface area contributed by atoms with Gasteiger partial charge in [0, 0.05) is 24.4 Å². The van der Waals surface area contributed by atoms with Gasteiger partial charge >= 0.3 is 0 Å². The molecule has 2 aromatic rings. The van der Waals surface area contributed by atoms with Crippen LogP contribution in [0, 0.1) is 5.82 Å². The van der Waals surface area contributed by atoms with Crippen molar-refractivity contribution in [3.05, 3.63) is 47.8 Å². The van der Waals surface area contributed by atoms with Gasteiger partial charge in [0.1, 0.15) is 11.6 Å². The number of hydrogen-bond donors (Lipinski definition) is 1. The van der Waals surface area contributed by atoms with Crippen molar-refractivity contribution in [2.45, 2.75) is 32.8 Å². The molecule has 96 valence electrons. The highest BCUT2D eigenvalue weighted by Gasteiger charge is 2.13. The highest BCUT2D eigenvalue weighted by Crippen LogP contribution is 2.24. The summed E-state index contributed by atoms with van der Waals surface area (Å²) in [6.45, 7) is 3.72. The lowest BCUT2D eigenvalue weighted by Gasteiger charge is -2.15. The molecule has 1 aromatic carbocycles. The number of rotatable bonds is 4. The Morgan fingerprint density at radius 3 is 2.89 bits per heavy atom. The average molecular weight is 248 g/mol. The molecule has 0 spiro atoms. The predicted octanol–water partition coefficient (Wildman–Crippen LogP) is 3.02. The molecule has 2 rings (SSSR count). The third-order valence-corrected chi connectivity index (χ3v) is 2.89. The maximum atomic E-state index is 13.3. The smallest absolute Gasteiger partial charge is 0.123 e. The minimum Gasteiger partial charge on any atom is -0.389 e. The molecule has 4 heteroatoms. The Labute approximate surface area is 106 Å². The number of aromatic nitrogens is 2. The lowest BCUT2D eigenvalue weighted by molar-refractivity contribution is 0.198. The van der Waals surface area contributed by atoms with E-state index in [1.807, 2.05) is 10.8 Å². The summed E-state index contributed by atoms with van der Waals surface area (Å²) in [5, 5.41) is 9.75. The van der Waals surface area contributed by atoms with Crippen LogP contribution < -0.4 is 0 Å². The monoisotopic (exact) mass is 248 g/mol. The summed E-state index contributed by atoms with van der Waals surface area (Å²) in [4.78, 5) is 4.29. The first-order valence-corrected chi connectivity index (χ1v) is 6.13. The predicted molar refractivity (Wildman–Crippen MR) is 68.2 cm³/mol. The third kappa shape index (κ3) is 2.43. The van der Waals surface area contributed by atoms with E-state index >= 15 is 0 Å². The zero-order valence-electron chi connectivity index (χ0n) is 10.6. The van der Waals surface area contributed by atoms with Crippen LogP contribution in [-0.2, 0) is 6.42 Å². The van der Waals surface area contributed by atoms with E-state index in [0.717, 1.165) is 24.4 Å². The molecule has 0 saturated heterocycles. The first-order chi connectivity index (χ1) is 8.63. The standard InChI is InChI=1S/C14H17FN2O/c1-3-4-14-16-7-8-17(14)13-6-5-11(15)9-12(13)10(2)18/h5-10,18H,3-4H2,1-2H3/t10-/m1/s1. The second-order valence-corrected chi connectivity index (χ2v) is 4.34. The maximum Gasteiger partial charge on any atom is 0.123 e. The summed E-state index contributed by atoms with van der Waals surface area (Å²) in [6, 6.07) is 4.45. The molecular formula is C14H17FN2O. The SMILES string of the molecule is CCCc1nccn1-c1ccc(F)cc1[C@@H](C)O. The summed E-state index contributed by atoms with van der Waals surface area (Å²) < 4.78 is 15.2. The molecule has 0 bridgehead atoms. The Balaban J connectivity index is 2.52. The van der Waals surface area contributed by atoms with Gasteiger partial charge in [-0.1, -0.05) is 6.92 Å². The summed E-state index contributed by atoms with van der Waals surface area (Å²) in [5.74, 6) is 0.581. The highest BCUT2D eigenvalue weighted by atomic mass is 19.1. The van der Waals surface area contributed by atoms with Gasteiger partial charge in [0.15, 0.2) is 0 Å². The van der Waals surface area contributed by atoms with E-state index in [-0.39, 0.29) is 5.82 Å². The van der Waals surface area contributed by atoms with E-state index in [1.165, 1.54) is 12.1 Å². The second-order valence-electron chi connectivity index (χ2n) is 4.34. The molecule has 0 unspecified atom stereocenters. The van der Waals surface area contributed by atoms with Gasteiger partial charge in [0.25, 0.3) is 0 Å². The van der Waals surface area contributed by atoms with Crippen molar-refractivity contribution < 1.29 is 9.50 Å². The average Bonchev–Trinajstić information content (AvgIpc) is 2.77. The van der Waals surface area contributed by atoms with Gasteiger partial charge in [-0.05, 0) is 31.5 Å². The van der Waals surface area contributed by atoms with Crippen molar-refractivity contribution in [3.63, 3.8) is 0 Å². The van der Waals surface area contributed by atoms with Crippen molar-refractivity contribution in [3.8, 4) is 5.69 Å². The van der Waals surface area contributed by atoms with E-state index in [1.54, 1.807) is 19.2 Å².